The van der Waals surface area contributed by atoms with Gasteiger partial charge in [0.05, 0.1) is 24.3 Å². The summed E-state index contributed by atoms with van der Waals surface area (Å²) in [5.74, 6) is -0.336. The van der Waals surface area contributed by atoms with E-state index in [-0.39, 0.29) is 24.4 Å². The zero-order valence-electron chi connectivity index (χ0n) is 15.1. The molecule has 1 saturated carbocycles. The number of hydrogen-bond acceptors (Lipinski definition) is 6. The van der Waals surface area contributed by atoms with E-state index in [1.54, 1.807) is 20.0 Å². The van der Waals surface area contributed by atoms with Crippen molar-refractivity contribution in [3.05, 3.63) is 51.8 Å². The first-order valence-electron chi connectivity index (χ1n) is 8.69. The van der Waals surface area contributed by atoms with Crippen LogP contribution in [0.4, 0.5) is 0 Å². The van der Waals surface area contributed by atoms with Gasteiger partial charge >= 0.3 is 0 Å². The topological polar surface area (TPSA) is 126 Å². The lowest BCUT2D eigenvalue weighted by Crippen LogP contribution is -2.40. The summed E-state index contributed by atoms with van der Waals surface area (Å²) < 4.78 is 6.26. The summed E-state index contributed by atoms with van der Waals surface area (Å²) in [6, 6.07) is 3.95. The molecular formula is C18H22N4O5. The Hall–Kier alpha value is -2.94. The van der Waals surface area contributed by atoms with E-state index in [1.165, 1.54) is 22.9 Å². The normalized spacial score (nSPS) is 21.8. The molecule has 0 bridgehead atoms. The second-order valence-electron chi connectivity index (χ2n) is 6.83. The summed E-state index contributed by atoms with van der Waals surface area (Å²) in [5.41, 5.74) is 0.726. The van der Waals surface area contributed by atoms with Crippen molar-refractivity contribution in [3.63, 3.8) is 0 Å². The summed E-state index contributed by atoms with van der Waals surface area (Å²) >= 11 is 0. The fraction of sp³-hybridized carbons (Fsp3) is 0.444. The second-order valence-corrected chi connectivity index (χ2v) is 6.83. The average Bonchev–Trinajstić information content (AvgIpc) is 3.21. The Morgan fingerprint density at radius 2 is 2.15 bits per heavy atom. The molecule has 0 unspecified atom stereocenters. The highest BCUT2D eigenvalue weighted by Gasteiger charge is 2.37. The fourth-order valence-corrected chi connectivity index (χ4v) is 3.19. The molecule has 144 valence electrons. The fourth-order valence-electron chi connectivity index (χ4n) is 3.19. The van der Waals surface area contributed by atoms with Crippen molar-refractivity contribution >= 4 is 11.8 Å². The van der Waals surface area contributed by atoms with Gasteiger partial charge in [-0.05, 0) is 25.8 Å². The van der Waals surface area contributed by atoms with Crippen LogP contribution in [-0.2, 0) is 18.4 Å². The van der Waals surface area contributed by atoms with Gasteiger partial charge in [0, 0.05) is 31.3 Å². The molecule has 2 aromatic rings. The summed E-state index contributed by atoms with van der Waals surface area (Å²) in [5, 5.41) is 19.5. The van der Waals surface area contributed by atoms with Gasteiger partial charge in [0.25, 0.3) is 5.91 Å². The molecular weight excluding hydrogens is 352 g/mol. The van der Waals surface area contributed by atoms with E-state index in [0.29, 0.717) is 23.4 Å². The van der Waals surface area contributed by atoms with Crippen molar-refractivity contribution in [3.8, 4) is 0 Å². The minimum absolute atomic E-state index is 0.200. The zero-order valence-corrected chi connectivity index (χ0v) is 15.1. The molecule has 1 fully saturated rings. The maximum atomic E-state index is 12.3. The van der Waals surface area contributed by atoms with E-state index in [4.69, 9.17) is 4.52 Å². The van der Waals surface area contributed by atoms with Crippen molar-refractivity contribution < 1.29 is 19.2 Å². The number of aromatic nitrogens is 2. The van der Waals surface area contributed by atoms with Gasteiger partial charge in [-0.15, -0.1) is 0 Å². The minimum Gasteiger partial charge on any atom is -0.391 e. The molecule has 1 aliphatic carbocycles. The van der Waals surface area contributed by atoms with Gasteiger partial charge < -0.3 is 24.8 Å². The SMILES string of the molecule is Cc1cc(CNC(=O)[C@@H]2C[C@@H](O)[C@H](NC(=O)c3ccc(=O)n(C)c3)C2)no1. The van der Waals surface area contributed by atoms with Crippen LogP contribution >= 0.6 is 0 Å². The summed E-state index contributed by atoms with van der Waals surface area (Å²) in [6.07, 6.45) is 1.22. The third-order valence-corrected chi connectivity index (χ3v) is 4.68. The number of carbonyl (C=O) groups excluding carboxylic acids is 2. The second kappa shape index (κ2) is 7.75. The Kier molecular flexibility index (Phi) is 5.41. The molecule has 0 aromatic carbocycles. The standard InChI is InChI=1S/C18H22N4O5/c1-10-5-13(21-27-10)8-19-17(25)12-6-14(15(23)7-12)20-18(26)11-3-4-16(24)22(2)9-11/h3-5,9,12,14-15,23H,6-8H2,1-2H3,(H,19,25)(H,20,26)/t12-,14+,15+/m0/s1. The number of amides is 2. The molecule has 0 spiro atoms. The van der Waals surface area contributed by atoms with Crippen molar-refractivity contribution in [1.29, 1.82) is 0 Å². The Bertz CT molecular complexity index is 903. The number of aliphatic hydroxyl groups excluding tert-OH is 1. The van der Waals surface area contributed by atoms with Crippen molar-refractivity contribution in [1.82, 2.24) is 20.4 Å². The van der Waals surface area contributed by atoms with E-state index >= 15 is 0 Å². The first kappa shape index (κ1) is 18.8. The van der Waals surface area contributed by atoms with E-state index in [1.807, 2.05) is 0 Å². The third-order valence-electron chi connectivity index (χ3n) is 4.68. The molecule has 0 radical (unpaired) electrons. The summed E-state index contributed by atoms with van der Waals surface area (Å²) in [6.45, 7) is 2.02. The van der Waals surface area contributed by atoms with E-state index in [9.17, 15) is 19.5 Å². The molecule has 1 aliphatic rings. The Morgan fingerprint density at radius 3 is 2.81 bits per heavy atom. The number of aryl methyl sites for hydroxylation is 2. The summed E-state index contributed by atoms with van der Waals surface area (Å²) in [7, 11) is 1.56. The van der Waals surface area contributed by atoms with Gasteiger partial charge in [-0.25, -0.2) is 0 Å². The highest BCUT2D eigenvalue weighted by Crippen LogP contribution is 2.26. The molecule has 2 heterocycles. The summed E-state index contributed by atoms with van der Waals surface area (Å²) in [4.78, 5) is 36.1. The van der Waals surface area contributed by atoms with Gasteiger partial charge in [-0.2, -0.15) is 0 Å². The molecule has 0 saturated heterocycles. The molecule has 0 aliphatic heterocycles. The number of nitrogens with one attached hydrogen (secondary N) is 2. The molecule has 27 heavy (non-hydrogen) atoms. The first-order chi connectivity index (χ1) is 12.8. The lowest BCUT2D eigenvalue weighted by Gasteiger charge is -2.16. The van der Waals surface area contributed by atoms with Gasteiger partial charge in [-0.1, -0.05) is 5.16 Å². The van der Waals surface area contributed by atoms with Crippen LogP contribution < -0.4 is 16.2 Å². The molecule has 9 heteroatoms. The zero-order chi connectivity index (χ0) is 19.6. The Balaban J connectivity index is 1.55. The monoisotopic (exact) mass is 374 g/mol. The van der Waals surface area contributed by atoms with Crippen LogP contribution in [0.5, 0.6) is 0 Å². The third kappa shape index (κ3) is 4.43. The van der Waals surface area contributed by atoms with Crippen LogP contribution in [0.3, 0.4) is 0 Å². The van der Waals surface area contributed by atoms with E-state index in [2.05, 4.69) is 15.8 Å². The molecule has 3 N–H and O–H groups in total. The molecule has 9 nitrogen and oxygen atoms in total. The van der Waals surface area contributed by atoms with Crippen LogP contribution in [0.25, 0.3) is 0 Å². The van der Waals surface area contributed by atoms with Crippen molar-refractivity contribution in [2.75, 3.05) is 0 Å². The maximum absolute atomic E-state index is 12.3. The number of pyridine rings is 1. The van der Waals surface area contributed by atoms with Crippen LogP contribution in [0.15, 0.2) is 33.7 Å². The van der Waals surface area contributed by atoms with Gasteiger partial charge in [-0.3, -0.25) is 14.4 Å². The van der Waals surface area contributed by atoms with E-state index < -0.39 is 24.0 Å². The van der Waals surface area contributed by atoms with Gasteiger partial charge in [0.15, 0.2) is 0 Å². The molecule has 2 aromatic heterocycles. The van der Waals surface area contributed by atoms with E-state index in [0.717, 1.165) is 0 Å². The van der Waals surface area contributed by atoms with Crippen molar-refractivity contribution in [2.24, 2.45) is 13.0 Å². The largest absolute Gasteiger partial charge is 0.391 e. The van der Waals surface area contributed by atoms with Crippen LogP contribution in [0, 0.1) is 12.8 Å². The minimum atomic E-state index is -0.813. The number of carbonyl (C=O) groups is 2. The molecule has 3 rings (SSSR count). The highest BCUT2D eigenvalue weighted by molar-refractivity contribution is 5.94. The van der Waals surface area contributed by atoms with Gasteiger partial charge in [0.1, 0.15) is 11.5 Å². The van der Waals surface area contributed by atoms with Crippen LogP contribution in [0.1, 0.15) is 34.7 Å². The number of rotatable bonds is 5. The van der Waals surface area contributed by atoms with Crippen LogP contribution in [-0.4, -0.2) is 38.8 Å². The highest BCUT2D eigenvalue weighted by atomic mass is 16.5. The maximum Gasteiger partial charge on any atom is 0.253 e. The first-order valence-corrected chi connectivity index (χ1v) is 8.69. The average molecular weight is 374 g/mol. The number of aliphatic hydroxyl groups is 1. The lowest BCUT2D eigenvalue weighted by molar-refractivity contribution is -0.125. The quantitative estimate of drug-likeness (QED) is 0.669. The van der Waals surface area contributed by atoms with Crippen LogP contribution in [0.2, 0.25) is 0 Å². The van der Waals surface area contributed by atoms with Gasteiger partial charge in [0.2, 0.25) is 11.5 Å². The predicted octanol–water partition coefficient (Wildman–Crippen LogP) is -0.133. The molecule has 3 atom stereocenters. The Morgan fingerprint density at radius 1 is 1.37 bits per heavy atom. The van der Waals surface area contributed by atoms with Crippen molar-refractivity contribution in [2.45, 2.75) is 38.5 Å². The number of hydrogen-bond donors (Lipinski definition) is 3. The number of nitrogens with zero attached hydrogens (tertiary/aromatic N) is 2. The smallest absolute Gasteiger partial charge is 0.253 e. The lowest BCUT2D eigenvalue weighted by atomic mass is 10.1. The Labute approximate surface area is 155 Å². The molecule has 2 amide bonds. The predicted molar refractivity (Wildman–Crippen MR) is 94.8 cm³/mol.